The fourth-order valence-corrected chi connectivity index (χ4v) is 4.58. The number of carbonyl (C=O) groups excluding carboxylic acids is 2. The number of hydrogen-bond donors (Lipinski definition) is 2. The molecule has 192 valence electrons. The molecule has 0 saturated carbocycles. The quantitative estimate of drug-likeness (QED) is 0.339. The number of nitrogens with zero attached hydrogens (tertiary/aromatic N) is 2. The standard InChI is InChI=1S/C29H24FN3O5/c1-16(2)26(29(36)37)33-15-20-4-3-19(13-23(20)28(33)35)17-7-11-22(12-8-17)31-27(34)25-14-24(32-38-25)18-5-9-21(30)10-6-18/h3-14,16,26H,15H2,1-2H3,(H,31,34)(H,36,37)/t26-/m0/s1. The molecule has 0 spiro atoms. The number of carbonyl (C=O) groups is 3. The van der Waals surface area contributed by atoms with Crippen molar-refractivity contribution in [3.05, 3.63) is 95.5 Å². The maximum Gasteiger partial charge on any atom is 0.326 e. The van der Waals surface area contributed by atoms with Crippen LogP contribution in [0.2, 0.25) is 0 Å². The first-order valence-electron chi connectivity index (χ1n) is 12.0. The minimum absolute atomic E-state index is 0.0103. The highest BCUT2D eigenvalue weighted by molar-refractivity contribution is 6.03. The lowest BCUT2D eigenvalue weighted by Crippen LogP contribution is -2.44. The fourth-order valence-electron chi connectivity index (χ4n) is 4.58. The summed E-state index contributed by atoms with van der Waals surface area (Å²) in [6.45, 7) is 3.83. The zero-order chi connectivity index (χ0) is 27.0. The average molecular weight is 514 g/mol. The summed E-state index contributed by atoms with van der Waals surface area (Å²) in [4.78, 5) is 38.8. The van der Waals surface area contributed by atoms with Crippen LogP contribution < -0.4 is 5.32 Å². The van der Waals surface area contributed by atoms with Crippen LogP contribution in [0.1, 0.15) is 40.3 Å². The molecule has 0 aliphatic carbocycles. The van der Waals surface area contributed by atoms with Crippen molar-refractivity contribution in [2.24, 2.45) is 5.92 Å². The van der Waals surface area contributed by atoms with Crippen molar-refractivity contribution in [3.8, 4) is 22.4 Å². The molecule has 9 heteroatoms. The lowest BCUT2D eigenvalue weighted by molar-refractivity contribution is -0.144. The Morgan fingerprint density at radius 3 is 2.29 bits per heavy atom. The van der Waals surface area contributed by atoms with Gasteiger partial charge in [-0.3, -0.25) is 9.59 Å². The second-order valence-electron chi connectivity index (χ2n) is 9.45. The summed E-state index contributed by atoms with van der Waals surface area (Å²) in [5.74, 6) is -2.38. The number of hydrogen-bond acceptors (Lipinski definition) is 5. The van der Waals surface area contributed by atoms with Gasteiger partial charge in [-0.25, -0.2) is 9.18 Å². The molecule has 8 nitrogen and oxygen atoms in total. The van der Waals surface area contributed by atoms with Crippen molar-refractivity contribution in [3.63, 3.8) is 0 Å². The van der Waals surface area contributed by atoms with Crippen LogP contribution in [0.25, 0.3) is 22.4 Å². The lowest BCUT2D eigenvalue weighted by Gasteiger charge is -2.27. The summed E-state index contributed by atoms with van der Waals surface area (Å²) in [7, 11) is 0. The van der Waals surface area contributed by atoms with Gasteiger partial charge in [0, 0.05) is 29.4 Å². The summed E-state index contributed by atoms with van der Waals surface area (Å²) >= 11 is 0. The molecule has 1 aliphatic heterocycles. The van der Waals surface area contributed by atoms with Crippen molar-refractivity contribution in [1.82, 2.24) is 10.1 Å². The van der Waals surface area contributed by atoms with Crippen LogP contribution in [0.15, 0.2) is 77.3 Å². The zero-order valence-electron chi connectivity index (χ0n) is 20.6. The van der Waals surface area contributed by atoms with Crippen molar-refractivity contribution in [2.75, 3.05) is 5.32 Å². The van der Waals surface area contributed by atoms with E-state index in [1.807, 2.05) is 24.3 Å². The average Bonchev–Trinajstić information content (AvgIpc) is 3.50. The van der Waals surface area contributed by atoms with Crippen molar-refractivity contribution < 1.29 is 28.4 Å². The molecule has 4 aromatic rings. The third-order valence-electron chi connectivity index (χ3n) is 6.51. The molecule has 0 saturated heterocycles. The van der Waals surface area contributed by atoms with Gasteiger partial charge in [0.25, 0.3) is 11.8 Å². The van der Waals surface area contributed by atoms with Gasteiger partial charge >= 0.3 is 5.97 Å². The van der Waals surface area contributed by atoms with E-state index in [1.165, 1.54) is 23.1 Å². The van der Waals surface area contributed by atoms with Crippen LogP contribution in [0, 0.1) is 11.7 Å². The molecule has 38 heavy (non-hydrogen) atoms. The van der Waals surface area contributed by atoms with E-state index in [0.29, 0.717) is 22.5 Å². The van der Waals surface area contributed by atoms with Crippen LogP contribution in [-0.4, -0.2) is 39.0 Å². The summed E-state index contributed by atoms with van der Waals surface area (Å²) < 4.78 is 18.3. The second-order valence-corrected chi connectivity index (χ2v) is 9.45. The molecule has 2 N–H and O–H groups in total. The summed E-state index contributed by atoms with van der Waals surface area (Å²) in [5.41, 5.74) is 4.48. The minimum Gasteiger partial charge on any atom is -0.480 e. The van der Waals surface area contributed by atoms with Crippen LogP contribution in [-0.2, 0) is 11.3 Å². The van der Waals surface area contributed by atoms with Crippen LogP contribution in [0.4, 0.5) is 10.1 Å². The van der Waals surface area contributed by atoms with E-state index in [9.17, 15) is 23.9 Å². The van der Waals surface area contributed by atoms with Gasteiger partial charge in [0.15, 0.2) is 0 Å². The predicted molar refractivity (Wildman–Crippen MR) is 138 cm³/mol. The first kappa shape index (κ1) is 24.9. The number of carboxylic acid groups (broad SMARTS) is 1. The van der Waals surface area contributed by atoms with Gasteiger partial charge in [-0.2, -0.15) is 0 Å². The molecule has 1 aliphatic rings. The zero-order valence-corrected chi connectivity index (χ0v) is 20.6. The van der Waals surface area contributed by atoms with Crippen molar-refractivity contribution in [1.29, 1.82) is 0 Å². The lowest BCUT2D eigenvalue weighted by atomic mass is 10.00. The third-order valence-corrected chi connectivity index (χ3v) is 6.51. The molecular formula is C29H24FN3O5. The van der Waals surface area contributed by atoms with Gasteiger partial charge in [-0.1, -0.05) is 43.3 Å². The maximum atomic E-state index is 13.1. The number of carboxylic acids is 1. The van der Waals surface area contributed by atoms with E-state index in [-0.39, 0.29) is 29.9 Å². The van der Waals surface area contributed by atoms with Gasteiger partial charge in [0.1, 0.15) is 17.6 Å². The SMILES string of the molecule is CC(C)[C@@H](C(=O)O)N1Cc2ccc(-c3ccc(NC(=O)c4cc(-c5ccc(F)cc5)no4)cc3)cc2C1=O. The second kappa shape index (κ2) is 9.93. The smallest absolute Gasteiger partial charge is 0.326 e. The Kier molecular flexibility index (Phi) is 6.50. The molecule has 0 radical (unpaired) electrons. The summed E-state index contributed by atoms with van der Waals surface area (Å²) in [6.07, 6.45) is 0. The highest BCUT2D eigenvalue weighted by atomic mass is 19.1. The van der Waals surface area contributed by atoms with Gasteiger partial charge < -0.3 is 19.8 Å². The van der Waals surface area contributed by atoms with E-state index < -0.39 is 17.9 Å². The van der Waals surface area contributed by atoms with Gasteiger partial charge in [-0.15, -0.1) is 0 Å². The molecule has 2 heterocycles. The largest absolute Gasteiger partial charge is 0.480 e. The molecule has 1 atom stereocenters. The van der Waals surface area contributed by atoms with Gasteiger partial charge in [0.2, 0.25) is 5.76 Å². The number of fused-ring (bicyclic) bond motifs is 1. The molecule has 0 unspecified atom stereocenters. The Labute approximate surface area is 217 Å². The number of aliphatic carboxylic acids is 1. The number of benzene rings is 3. The van der Waals surface area contributed by atoms with E-state index in [4.69, 9.17) is 4.52 Å². The van der Waals surface area contributed by atoms with Crippen LogP contribution >= 0.6 is 0 Å². The Hall–Kier alpha value is -4.79. The molecular weight excluding hydrogens is 489 g/mol. The maximum absolute atomic E-state index is 13.1. The van der Waals surface area contributed by atoms with E-state index in [2.05, 4.69) is 10.5 Å². The number of halogens is 1. The number of anilines is 1. The Morgan fingerprint density at radius 2 is 1.63 bits per heavy atom. The highest BCUT2D eigenvalue weighted by Gasteiger charge is 2.38. The summed E-state index contributed by atoms with van der Waals surface area (Å²) in [5, 5.41) is 16.2. The Balaban J connectivity index is 1.29. The van der Waals surface area contributed by atoms with Crippen LogP contribution in [0.3, 0.4) is 0 Å². The Bertz CT molecular complexity index is 1530. The monoisotopic (exact) mass is 513 g/mol. The molecule has 0 bridgehead atoms. The van der Waals surface area contributed by atoms with E-state index in [0.717, 1.165) is 16.7 Å². The van der Waals surface area contributed by atoms with Gasteiger partial charge in [-0.05, 0) is 65.1 Å². The molecule has 5 rings (SSSR count). The minimum atomic E-state index is -1.02. The normalized spacial score (nSPS) is 13.5. The number of amides is 2. The number of aromatic nitrogens is 1. The number of rotatable bonds is 7. The Morgan fingerprint density at radius 1 is 0.974 bits per heavy atom. The predicted octanol–water partition coefficient (Wildman–Crippen LogP) is 5.47. The number of nitrogens with one attached hydrogen (secondary N) is 1. The molecule has 0 fully saturated rings. The molecule has 1 aromatic heterocycles. The first-order chi connectivity index (χ1) is 18.2. The highest BCUT2D eigenvalue weighted by Crippen LogP contribution is 2.32. The van der Waals surface area contributed by atoms with Crippen molar-refractivity contribution >= 4 is 23.5 Å². The van der Waals surface area contributed by atoms with E-state index in [1.54, 1.807) is 44.2 Å². The topological polar surface area (TPSA) is 113 Å². The first-order valence-corrected chi connectivity index (χ1v) is 12.0. The molecule has 3 aromatic carbocycles. The molecule has 2 amide bonds. The van der Waals surface area contributed by atoms with Gasteiger partial charge in [0.05, 0.1) is 0 Å². The van der Waals surface area contributed by atoms with E-state index >= 15 is 0 Å². The van der Waals surface area contributed by atoms with Crippen molar-refractivity contribution in [2.45, 2.75) is 26.4 Å². The summed E-state index contributed by atoms with van der Waals surface area (Å²) in [6, 6.07) is 18.9. The fraction of sp³-hybridized carbons (Fsp3) is 0.172. The third kappa shape index (κ3) is 4.78. The van der Waals surface area contributed by atoms with Crippen LogP contribution in [0.5, 0.6) is 0 Å².